The van der Waals surface area contributed by atoms with Gasteiger partial charge in [0, 0.05) is 6.20 Å². The van der Waals surface area contributed by atoms with Crippen molar-refractivity contribution in [2.75, 3.05) is 13.6 Å². The number of carbonyl (C=O) groups excluding carboxylic acids is 1. The van der Waals surface area contributed by atoms with Crippen LogP contribution in [0.25, 0.3) is 0 Å². The fourth-order valence-electron chi connectivity index (χ4n) is 1.60. The third-order valence-electron chi connectivity index (χ3n) is 2.29. The molecule has 0 fully saturated rings. The molecule has 1 aromatic heterocycles. The van der Waals surface area contributed by atoms with Crippen LogP contribution in [0.5, 0.6) is 0 Å². The fourth-order valence-corrected chi connectivity index (χ4v) is 1.60. The molecule has 0 spiro atoms. The molecule has 0 radical (unpaired) electrons. The van der Waals surface area contributed by atoms with E-state index in [1.165, 1.54) is 0 Å². The predicted molar refractivity (Wildman–Crippen MR) is 70.3 cm³/mol. The topological polar surface area (TPSA) is 56.2 Å². The van der Waals surface area contributed by atoms with Gasteiger partial charge in [-0.2, -0.15) is 5.10 Å². The highest BCUT2D eigenvalue weighted by atomic mass is 16.6. The Bertz CT molecular complexity index is 380. The third-order valence-corrected chi connectivity index (χ3v) is 2.29. The van der Waals surface area contributed by atoms with Crippen LogP contribution in [0.1, 0.15) is 32.8 Å². The van der Waals surface area contributed by atoms with Gasteiger partial charge in [-0.25, -0.2) is 0 Å². The van der Waals surface area contributed by atoms with Gasteiger partial charge < -0.3 is 10.1 Å². The molecule has 5 nitrogen and oxygen atoms in total. The molecule has 0 aliphatic heterocycles. The number of esters is 1. The van der Waals surface area contributed by atoms with Crippen LogP contribution in [0.2, 0.25) is 0 Å². The standard InChI is InChI=1S/C13H23N3O2/c1-13(2,3)18-12(17)10-16-9-11(8-15-16)6-5-7-14-4/h8-9,14H,5-7,10H2,1-4H3. The first-order chi connectivity index (χ1) is 8.40. The minimum absolute atomic E-state index is 0.170. The van der Waals surface area contributed by atoms with Crippen LogP contribution >= 0.6 is 0 Å². The number of hydrogen-bond donors (Lipinski definition) is 1. The van der Waals surface area contributed by atoms with E-state index in [-0.39, 0.29) is 12.5 Å². The maximum atomic E-state index is 11.6. The van der Waals surface area contributed by atoms with Gasteiger partial charge >= 0.3 is 5.97 Å². The van der Waals surface area contributed by atoms with E-state index in [4.69, 9.17) is 4.74 Å². The minimum Gasteiger partial charge on any atom is -0.459 e. The summed E-state index contributed by atoms with van der Waals surface area (Å²) in [4.78, 5) is 11.6. The summed E-state index contributed by atoms with van der Waals surface area (Å²) in [6.45, 7) is 6.73. The van der Waals surface area contributed by atoms with Crippen molar-refractivity contribution in [1.29, 1.82) is 0 Å². The summed E-state index contributed by atoms with van der Waals surface area (Å²) >= 11 is 0. The van der Waals surface area contributed by atoms with E-state index in [0.717, 1.165) is 24.9 Å². The van der Waals surface area contributed by atoms with E-state index >= 15 is 0 Å². The van der Waals surface area contributed by atoms with Crippen molar-refractivity contribution in [3.63, 3.8) is 0 Å². The molecule has 0 amide bonds. The highest BCUT2D eigenvalue weighted by Crippen LogP contribution is 2.08. The van der Waals surface area contributed by atoms with Crippen LogP contribution in [0.3, 0.4) is 0 Å². The summed E-state index contributed by atoms with van der Waals surface area (Å²) in [6.07, 6.45) is 5.74. The lowest BCUT2D eigenvalue weighted by atomic mass is 10.2. The Balaban J connectivity index is 2.41. The summed E-state index contributed by atoms with van der Waals surface area (Å²) in [7, 11) is 1.94. The normalized spacial score (nSPS) is 11.6. The van der Waals surface area contributed by atoms with Crippen LogP contribution in [0, 0.1) is 0 Å². The minimum atomic E-state index is -0.445. The maximum Gasteiger partial charge on any atom is 0.328 e. The number of carbonyl (C=O) groups is 1. The number of hydrogen-bond acceptors (Lipinski definition) is 4. The van der Waals surface area contributed by atoms with E-state index in [9.17, 15) is 4.79 Å². The molecular weight excluding hydrogens is 230 g/mol. The second-order valence-corrected chi connectivity index (χ2v) is 5.34. The van der Waals surface area contributed by atoms with Crippen molar-refractivity contribution in [3.05, 3.63) is 18.0 Å². The number of rotatable bonds is 6. The average molecular weight is 253 g/mol. The molecule has 1 rings (SSSR count). The highest BCUT2D eigenvalue weighted by molar-refractivity contribution is 5.69. The molecule has 0 aromatic carbocycles. The zero-order valence-corrected chi connectivity index (χ0v) is 11.7. The van der Waals surface area contributed by atoms with E-state index in [0.29, 0.717) is 0 Å². The molecule has 0 bridgehead atoms. The van der Waals surface area contributed by atoms with Gasteiger partial charge in [0.1, 0.15) is 12.1 Å². The van der Waals surface area contributed by atoms with Gasteiger partial charge in [-0.3, -0.25) is 9.48 Å². The van der Waals surface area contributed by atoms with Crippen molar-refractivity contribution < 1.29 is 9.53 Å². The summed E-state index contributed by atoms with van der Waals surface area (Å²) < 4.78 is 6.87. The van der Waals surface area contributed by atoms with Gasteiger partial charge in [-0.05, 0) is 52.8 Å². The first-order valence-corrected chi connectivity index (χ1v) is 6.28. The molecule has 5 heteroatoms. The van der Waals surface area contributed by atoms with E-state index in [1.54, 1.807) is 10.9 Å². The lowest BCUT2D eigenvalue weighted by molar-refractivity contribution is -0.155. The molecule has 0 saturated carbocycles. The van der Waals surface area contributed by atoms with Crippen LogP contribution in [-0.2, 0) is 22.5 Å². The summed E-state index contributed by atoms with van der Waals surface area (Å²) in [6, 6.07) is 0. The number of ether oxygens (including phenoxy) is 1. The molecule has 0 unspecified atom stereocenters. The molecular formula is C13H23N3O2. The van der Waals surface area contributed by atoms with E-state index in [1.807, 2.05) is 34.0 Å². The molecule has 1 heterocycles. The Kier molecular flexibility index (Phi) is 5.34. The van der Waals surface area contributed by atoms with Gasteiger partial charge in [0.2, 0.25) is 0 Å². The second kappa shape index (κ2) is 6.54. The first kappa shape index (κ1) is 14.7. The van der Waals surface area contributed by atoms with Crippen LogP contribution in [0.4, 0.5) is 0 Å². The number of nitrogens with zero attached hydrogens (tertiary/aromatic N) is 2. The molecule has 1 N–H and O–H groups in total. The van der Waals surface area contributed by atoms with Crippen LogP contribution in [0.15, 0.2) is 12.4 Å². The molecule has 0 aliphatic rings. The Labute approximate surface area is 109 Å². The van der Waals surface area contributed by atoms with Crippen molar-refractivity contribution >= 4 is 5.97 Å². The van der Waals surface area contributed by atoms with E-state index < -0.39 is 5.60 Å². The van der Waals surface area contributed by atoms with Gasteiger partial charge in [-0.15, -0.1) is 0 Å². The summed E-state index contributed by atoms with van der Waals surface area (Å²) in [5.74, 6) is -0.257. The molecule has 0 atom stereocenters. The van der Waals surface area contributed by atoms with E-state index in [2.05, 4.69) is 10.4 Å². The number of nitrogens with one attached hydrogen (secondary N) is 1. The second-order valence-electron chi connectivity index (χ2n) is 5.34. The van der Waals surface area contributed by atoms with Crippen molar-refractivity contribution in [2.24, 2.45) is 0 Å². The molecule has 1 aromatic rings. The molecule has 102 valence electrons. The van der Waals surface area contributed by atoms with Crippen molar-refractivity contribution in [2.45, 2.75) is 45.8 Å². The lowest BCUT2D eigenvalue weighted by Gasteiger charge is -2.19. The summed E-state index contributed by atoms with van der Waals surface area (Å²) in [5.41, 5.74) is 0.702. The predicted octanol–water partition coefficient (Wildman–Crippen LogP) is 1.38. The molecule has 0 saturated heterocycles. The largest absolute Gasteiger partial charge is 0.459 e. The number of aromatic nitrogens is 2. The molecule has 18 heavy (non-hydrogen) atoms. The Morgan fingerprint density at radius 1 is 1.50 bits per heavy atom. The smallest absolute Gasteiger partial charge is 0.328 e. The average Bonchev–Trinajstić information content (AvgIpc) is 2.63. The van der Waals surface area contributed by atoms with Crippen LogP contribution in [-0.4, -0.2) is 34.9 Å². The van der Waals surface area contributed by atoms with Gasteiger partial charge in [0.05, 0.1) is 6.20 Å². The number of aryl methyl sites for hydroxylation is 1. The van der Waals surface area contributed by atoms with Gasteiger partial charge in [0.15, 0.2) is 0 Å². The summed E-state index contributed by atoms with van der Waals surface area (Å²) in [5, 5.41) is 7.26. The van der Waals surface area contributed by atoms with Gasteiger partial charge in [-0.1, -0.05) is 0 Å². The zero-order chi connectivity index (χ0) is 13.6. The molecule has 0 aliphatic carbocycles. The SMILES string of the molecule is CNCCCc1cnn(CC(=O)OC(C)(C)C)c1. The quantitative estimate of drug-likeness (QED) is 0.614. The van der Waals surface area contributed by atoms with Crippen molar-refractivity contribution in [1.82, 2.24) is 15.1 Å². The monoisotopic (exact) mass is 253 g/mol. The zero-order valence-electron chi connectivity index (χ0n) is 11.7. The highest BCUT2D eigenvalue weighted by Gasteiger charge is 2.16. The van der Waals surface area contributed by atoms with Gasteiger partial charge in [0.25, 0.3) is 0 Å². The Morgan fingerprint density at radius 2 is 2.22 bits per heavy atom. The fraction of sp³-hybridized carbons (Fsp3) is 0.692. The third kappa shape index (κ3) is 5.82. The lowest BCUT2D eigenvalue weighted by Crippen LogP contribution is -2.26. The van der Waals surface area contributed by atoms with Crippen molar-refractivity contribution in [3.8, 4) is 0 Å². The Hall–Kier alpha value is -1.36. The van der Waals surface area contributed by atoms with Crippen LogP contribution < -0.4 is 5.32 Å². The Morgan fingerprint density at radius 3 is 2.83 bits per heavy atom. The maximum absolute atomic E-state index is 11.6. The first-order valence-electron chi connectivity index (χ1n) is 6.28.